The van der Waals surface area contributed by atoms with Gasteiger partial charge in [-0.2, -0.15) is 0 Å². The van der Waals surface area contributed by atoms with Crippen molar-refractivity contribution in [3.8, 4) is 0 Å². The Morgan fingerprint density at radius 1 is 1.21 bits per heavy atom. The van der Waals surface area contributed by atoms with Crippen LogP contribution in [0.3, 0.4) is 0 Å². The fourth-order valence-electron chi connectivity index (χ4n) is 3.46. The van der Waals surface area contributed by atoms with Crippen molar-refractivity contribution in [2.24, 2.45) is 13.0 Å². The van der Waals surface area contributed by atoms with Crippen molar-refractivity contribution in [3.05, 3.63) is 47.0 Å². The normalized spacial score (nSPS) is 21.0. The smallest absolute Gasteiger partial charge is 0.123 e. The number of halogens is 1. The molecule has 0 N–H and O–H groups in total. The van der Waals surface area contributed by atoms with Gasteiger partial charge in [-0.05, 0) is 36.5 Å². The molecule has 2 aromatic rings. The van der Waals surface area contributed by atoms with E-state index in [0.717, 1.165) is 43.4 Å². The quantitative estimate of drug-likeness (QED) is 0.816. The molecule has 6 heteroatoms. The summed E-state index contributed by atoms with van der Waals surface area (Å²) < 4.78 is 20.9. The van der Waals surface area contributed by atoms with Crippen molar-refractivity contribution in [1.29, 1.82) is 0 Å². The van der Waals surface area contributed by atoms with E-state index in [4.69, 9.17) is 4.74 Å². The topological polar surface area (TPSA) is 43.2 Å². The highest BCUT2D eigenvalue weighted by atomic mass is 19.1. The lowest BCUT2D eigenvalue weighted by Crippen LogP contribution is -2.36. The maximum Gasteiger partial charge on any atom is 0.123 e. The van der Waals surface area contributed by atoms with Gasteiger partial charge in [0, 0.05) is 39.2 Å². The number of nitrogens with zero attached hydrogens (tertiary/aromatic N) is 4. The SMILES string of the molecule is Cn1nnc2c1C(COCC1CC1)CN(Cc1ccc(F)cc1)C2. The molecule has 0 spiro atoms. The van der Waals surface area contributed by atoms with Crippen molar-refractivity contribution < 1.29 is 9.13 Å². The van der Waals surface area contributed by atoms with Crippen LogP contribution in [-0.4, -0.2) is 39.7 Å². The van der Waals surface area contributed by atoms with Crippen LogP contribution in [0.2, 0.25) is 0 Å². The van der Waals surface area contributed by atoms with Crippen LogP contribution in [0, 0.1) is 11.7 Å². The summed E-state index contributed by atoms with van der Waals surface area (Å²) in [5.74, 6) is 0.862. The lowest BCUT2D eigenvalue weighted by Gasteiger charge is -2.32. The number of rotatable bonds is 6. The molecule has 0 amide bonds. The fourth-order valence-corrected chi connectivity index (χ4v) is 3.46. The van der Waals surface area contributed by atoms with E-state index in [0.29, 0.717) is 6.61 Å². The van der Waals surface area contributed by atoms with Gasteiger partial charge in [0.05, 0.1) is 12.3 Å². The Balaban J connectivity index is 1.45. The number of fused-ring (bicyclic) bond motifs is 1. The predicted octanol–water partition coefficient (Wildman–Crippen LogP) is 2.48. The summed E-state index contributed by atoms with van der Waals surface area (Å²) in [5.41, 5.74) is 3.34. The van der Waals surface area contributed by atoms with E-state index in [2.05, 4.69) is 15.2 Å². The van der Waals surface area contributed by atoms with E-state index in [-0.39, 0.29) is 11.7 Å². The van der Waals surface area contributed by atoms with Crippen LogP contribution in [0.4, 0.5) is 4.39 Å². The summed E-state index contributed by atoms with van der Waals surface area (Å²) in [7, 11) is 1.95. The molecule has 2 aliphatic rings. The molecule has 2 heterocycles. The lowest BCUT2D eigenvalue weighted by molar-refractivity contribution is 0.0866. The maximum absolute atomic E-state index is 13.1. The van der Waals surface area contributed by atoms with Gasteiger partial charge in [0.25, 0.3) is 0 Å². The second-order valence-electron chi connectivity index (χ2n) is 7.02. The number of ether oxygens (including phenoxy) is 1. The standard InChI is InChI=1S/C18H23FN4O/c1-22-18-15(12-24-11-14-2-3-14)9-23(10-17(18)20-21-22)8-13-4-6-16(19)7-5-13/h4-7,14-15H,2-3,8-12H2,1H3. The number of hydrogen-bond donors (Lipinski definition) is 0. The van der Waals surface area contributed by atoms with Crippen molar-refractivity contribution in [3.63, 3.8) is 0 Å². The second kappa shape index (κ2) is 6.61. The molecular weight excluding hydrogens is 307 g/mol. The van der Waals surface area contributed by atoms with Crippen molar-refractivity contribution in [2.45, 2.75) is 31.8 Å². The Morgan fingerprint density at radius 3 is 2.75 bits per heavy atom. The summed E-state index contributed by atoms with van der Waals surface area (Å²) >= 11 is 0. The summed E-state index contributed by atoms with van der Waals surface area (Å²) in [6.07, 6.45) is 2.61. The monoisotopic (exact) mass is 330 g/mol. The van der Waals surface area contributed by atoms with Crippen LogP contribution < -0.4 is 0 Å². The van der Waals surface area contributed by atoms with Crippen molar-refractivity contribution in [2.75, 3.05) is 19.8 Å². The van der Waals surface area contributed by atoms with Gasteiger partial charge in [0.15, 0.2) is 0 Å². The summed E-state index contributed by atoms with van der Waals surface area (Å²) in [5, 5.41) is 8.52. The molecule has 0 saturated heterocycles. The number of hydrogen-bond acceptors (Lipinski definition) is 4. The fraction of sp³-hybridized carbons (Fsp3) is 0.556. The highest BCUT2D eigenvalue weighted by Gasteiger charge is 2.31. The molecular formula is C18H23FN4O. The first kappa shape index (κ1) is 15.7. The van der Waals surface area contributed by atoms with Gasteiger partial charge in [-0.3, -0.25) is 9.58 Å². The Hall–Kier alpha value is -1.79. The van der Waals surface area contributed by atoms with Gasteiger partial charge >= 0.3 is 0 Å². The highest BCUT2D eigenvalue weighted by Crippen LogP contribution is 2.31. The summed E-state index contributed by atoms with van der Waals surface area (Å²) in [6.45, 7) is 4.06. The minimum Gasteiger partial charge on any atom is -0.380 e. The van der Waals surface area contributed by atoms with Gasteiger partial charge in [0.2, 0.25) is 0 Å². The Kier molecular flexibility index (Phi) is 4.33. The average molecular weight is 330 g/mol. The van der Waals surface area contributed by atoms with E-state index in [9.17, 15) is 4.39 Å². The van der Waals surface area contributed by atoms with Gasteiger partial charge in [0.1, 0.15) is 11.5 Å². The van der Waals surface area contributed by atoms with E-state index in [1.807, 2.05) is 23.9 Å². The van der Waals surface area contributed by atoms with E-state index in [1.54, 1.807) is 0 Å². The largest absolute Gasteiger partial charge is 0.380 e. The highest BCUT2D eigenvalue weighted by molar-refractivity contribution is 5.21. The van der Waals surface area contributed by atoms with Gasteiger partial charge in [-0.1, -0.05) is 17.3 Å². The maximum atomic E-state index is 13.1. The third-order valence-electron chi connectivity index (χ3n) is 4.87. The third-order valence-corrected chi connectivity index (χ3v) is 4.87. The van der Waals surface area contributed by atoms with Crippen LogP contribution in [0.5, 0.6) is 0 Å². The van der Waals surface area contributed by atoms with E-state index < -0.39 is 0 Å². The Bertz CT molecular complexity index is 696. The van der Waals surface area contributed by atoms with Gasteiger partial charge in [-0.25, -0.2) is 4.39 Å². The van der Waals surface area contributed by atoms with E-state index in [1.165, 1.54) is 30.7 Å². The Morgan fingerprint density at radius 2 is 2.00 bits per heavy atom. The van der Waals surface area contributed by atoms with Crippen molar-refractivity contribution in [1.82, 2.24) is 19.9 Å². The first-order chi connectivity index (χ1) is 11.7. The zero-order chi connectivity index (χ0) is 16.5. The van der Waals surface area contributed by atoms with Crippen LogP contribution in [-0.2, 0) is 24.9 Å². The molecule has 1 atom stereocenters. The lowest BCUT2D eigenvalue weighted by atomic mass is 9.98. The molecule has 0 bridgehead atoms. The van der Waals surface area contributed by atoms with Crippen LogP contribution in [0.1, 0.15) is 35.7 Å². The number of benzene rings is 1. The minimum atomic E-state index is -0.194. The zero-order valence-electron chi connectivity index (χ0n) is 14.0. The molecule has 5 nitrogen and oxygen atoms in total. The van der Waals surface area contributed by atoms with Crippen LogP contribution in [0.15, 0.2) is 24.3 Å². The first-order valence-corrected chi connectivity index (χ1v) is 8.62. The molecule has 1 unspecified atom stereocenters. The molecule has 24 heavy (non-hydrogen) atoms. The Labute approximate surface area is 141 Å². The minimum absolute atomic E-state index is 0.194. The predicted molar refractivity (Wildman–Crippen MR) is 87.8 cm³/mol. The second-order valence-corrected chi connectivity index (χ2v) is 7.02. The van der Waals surface area contributed by atoms with Gasteiger partial charge < -0.3 is 4.74 Å². The van der Waals surface area contributed by atoms with Gasteiger partial charge in [-0.15, -0.1) is 5.10 Å². The molecule has 1 fully saturated rings. The molecule has 4 rings (SSSR count). The van der Waals surface area contributed by atoms with E-state index >= 15 is 0 Å². The first-order valence-electron chi connectivity index (χ1n) is 8.62. The summed E-state index contributed by atoms with van der Waals surface area (Å²) in [6, 6.07) is 6.73. The average Bonchev–Trinajstić information content (AvgIpc) is 3.32. The van der Waals surface area contributed by atoms with Crippen LogP contribution in [0.25, 0.3) is 0 Å². The zero-order valence-corrected chi connectivity index (χ0v) is 14.0. The molecule has 128 valence electrons. The molecule has 0 radical (unpaired) electrons. The third kappa shape index (κ3) is 3.49. The molecule has 1 aliphatic carbocycles. The molecule has 1 saturated carbocycles. The summed E-state index contributed by atoms with van der Waals surface area (Å²) in [4.78, 5) is 2.34. The molecule has 1 aromatic carbocycles. The van der Waals surface area contributed by atoms with Crippen molar-refractivity contribution >= 4 is 0 Å². The molecule has 1 aliphatic heterocycles. The molecule has 1 aromatic heterocycles. The number of aromatic nitrogens is 3. The number of aryl methyl sites for hydroxylation is 1. The van der Waals surface area contributed by atoms with Crippen LogP contribution >= 0.6 is 0 Å².